The number of hydrogen-bond donors (Lipinski definition) is 1. The lowest BCUT2D eigenvalue weighted by Crippen LogP contribution is -2.25. The molecule has 1 amide bonds. The van der Waals surface area contributed by atoms with E-state index in [0.29, 0.717) is 31.6 Å². The van der Waals surface area contributed by atoms with Crippen molar-refractivity contribution in [2.24, 2.45) is 0 Å². The number of ether oxygens (including phenoxy) is 1. The maximum absolute atomic E-state index is 11.5. The summed E-state index contributed by atoms with van der Waals surface area (Å²) < 4.78 is 9.55. The number of esters is 1. The van der Waals surface area contributed by atoms with Crippen molar-refractivity contribution in [3.8, 4) is 0 Å². The fourth-order valence-electron chi connectivity index (χ4n) is 1.26. The molecule has 0 aromatic carbocycles. The molecule has 0 bridgehead atoms. The number of amides is 1. The SMILES string of the molecule is CCOC(=O)CCCNC(=O)c1oncc1C. The van der Waals surface area contributed by atoms with E-state index in [2.05, 4.69) is 10.5 Å². The summed E-state index contributed by atoms with van der Waals surface area (Å²) in [6.07, 6.45) is 2.31. The molecule has 1 rings (SSSR count). The predicted octanol–water partition coefficient (Wildman–Crippen LogP) is 1.06. The van der Waals surface area contributed by atoms with Gasteiger partial charge in [-0.15, -0.1) is 0 Å². The molecule has 0 spiro atoms. The van der Waals surface area contributed by atoms with Crippen molar-refractivity contribution in [3.05, 3.63) is 17.5 Å². The first-order valence-corrected chi connectivity index (χ1v) is 5.50. The van der Waals surface area contributed by atoms with Crippen molar-refractivity contribution in [2.75, 3.05) is 13.2 Å². The molecule has 0 aliphatic carbocycles. The molecule has 1 heterocycles. The molecular formula is C11H16N2O4. The highest BCUT2D eigenvalue weighted by molar-refractivity contribution is 5.92. The van der Waals surface area contributed by atoms with E-state index in [9.17, 15) is 9.59 Å². The van der Waals surface area contributed by atoms with E-state index in [1.165, 1.54) is 6.20 Å². The van der Waals surface area contributed by atoms with Crippen LogP contribution in [0.5, 0.6) is 0 Å². The predicted molar refractivity (Wildman–Crippen MR) is 59.4 cm³/mol. The third-order valence-corrected chi connectivity index (χ3v) is 2.10. The Labute approximate surface area is 99.3 Å². The highest BCUT2D eigenvalue weighted by Gasteiger charge is 2.13. The Morgan fingerprint density at radius 1 is 1.53 bits per heavy atom. The first kappa shape index (κ1) is 13.2. The molecule has 0 fully saturated rings. The van der Waals surface area contributed by atoms with Gasteiger partial charge in [-0.1, -0.05) is 5.16 Å². The minimum absolute atomic E-state index is 0.209. The number of nitrogens with one attached hydrogen (secondary N) is 1. The lowest BCUT2D eigenvalue weighted by Gasteiger charge is -2.03. The molecule has 6 heteroatoms. The van der Waals surface area contributed by atoms with Crippen LogP contribution in [0.4, 0.5) is 0 Å². The first-order chi connectivity index (χ1) is 8.15. The van der Waals surface area contributed by atoms with E-state index >= 15 is 0 Å². The largest absolute Gasteiger partial charge is 0.466 e. The minimum atomic E-state index is -0.316. The second-order valence-corrected chi connectivity index (χ2v) is 3.50. The monoisotopic (exact) mass is 240 g/mol. The molecule has 1 N–H and O–H groups in total. The fourth-order valence-corrected chi connectivity index (χ4v) is 1.26. The van der Waals surface area contributed by atoms with Gasteiger partial charge in [-0.25, -0.2) is 0 Å². The Morgan fingerprint density at radius 3 is 2.88 bits per heavy atom. The average molecular weight is 240 g/mol. The Kier molecular flexibility index (Phi) is 5.19. The number of rotatable bonds is 6. The molecule has 0 aliphatic heterocycles. The summed E-state index contributed by atoms with van der Waals surface area (Å²) in [5.74, 6) is -0.359. The number of carbonyl (C=O) groups excluding carboxylic acids is 2. The van der Waals surface area contributed by atoms with Crippen LogP contribution < -0.4 is 5.32 Å². The molecule has 6 nitrogen and oxygen atoms in total. The lowest BCUT2D eigenvalue weighted by atomic mass is 10.2. The number of nitrogens with zero attached hydrogens (tertiary/aromatic N) is 1. The molecule has 0 saturated heterocycles. The van der Waals surface area contributed by atoms with Crippen LogP contribution >= 0.6 is 0 Å². The first-order valence-electron chi connectivity index (χ1n) is 5.50. The van der Waals surface area contributed by atoms with Crippen molar-refractivity contribution in [1.82, 2.24) is 10.5 Å². The highest BCUT2D eigenvalue weighted by Crippen LogP contribution is 2.05. The molecule has 1 aromatic rings. The second kappa shape index (κ2) is 6.67. The van der Waals surface area contributed by atoms with Gasteiger partial charge in [0.2, 0.25) is 5.76 Å². The second-order valence-electron chi connectivity index (χ2n) is 3.50. The molecule has 94 valence electrons. The Balaban J connectivity index is 2.21. The topological polar surface area (TPSA) is 81.4 Å². The van der Waals surface area contributed by atoms with Crippen molar-refractivity contribution in [2.45, 2.75) is 26.7 Å². The zero-order valence-electron chi connectivity index (χ0n) is 9.99. The molecule has 0 aliphatic rings. The average Bonchev–Trinajstić information content (AvgIpc) is 2.71. The maximum atomic E-state index is 11.5. The van der Waals surface area contributed by atoms with Crippen LogP contribution in [-0.4, -0.2) is 30.2 Å². The zero-order valence-corrected chi connectivity index (χ0v) is 9.99. The van der Waals surface area contributed by atoms with E-state index in [4.69, 9.17) is 9.26 Å². The van der Waals surface area contributed by atoms with Gasteiger partial charge in [0, 0.05) is 18.5 Å². The standard InChI is InChI=1S/C11H16N2O4/c1-3-16-9(14)5-4-6-12-11(15)10-8(2)7-13-17-10/h7H,3-6H2,1-2H3,(H,12,15). The Hall–Kier alpha value is -1.85. The number of aryl methyl sites for hydroxylation is 1. The van der Waals surface area contributed by atoms with Crippen molar-refractivity contribution < 1.29 is 18.8 Å². The smallest absolute Gasteiger partial charge is 0.305 e. The summed E-state index contributed by atoms with van der Waals surface area (Å²) >= 11 is 0. The van der Waals surface area contributed by atoms with E-state index in [1.54, 1.807) is 13.8 Å². The van der Waals surface area contributed by atoms with Gasteiger partial charge < -0.3 is 14.6 Å². The Bertz CT molecular complexity index is 387. The molecule has 0 unspecified atom stereocenters. The minimum Gasteiger partial charge on any atom is -0.466 e. The van der Waals surface area contributed by atoms with Crippen LogP contribution in [0, 0.1) is 6.92 Å². The molecule has 0 radical (unpaired) electrons. The van der Waals surface area contributed by atoms with Gasteiger partial charge in [0.15, 0.2) is 0 Å². The van der Waals surface area contributed by atoms with Gasteiger partial charge in [0.05, 0.1) is 12.8 Å². The third-order valence-electron chi connectivity index (χ3n) is 2.10. The molecular weight excluding hydrogens is 224 g/mol. The van der Waals surface area contributed by atoms with Gasteiger partial charge in [0.25, 0.3) is 5.91 Å². The quantitative estimate of drug-likeness (QED) is 0.594. The van der Waals surface area contributed by atoms with E-state index in [-0.39, 0.29) is 17.6 Å². The van der Waals surface area contributed by atoms with Gasteiger partial charge in [0.1, 0.15) is 0 Å². The fraction of sp³-hybridized carbons (Fsp3) is 0.545. The molecule has 0 atom stereocenters. The van der Waals surface area contributed by atoms with Crippen LogP contribution in [0.1, 0.15) is 35.9 Å². The van der Waals surface area contributed by atoms with Gasteiger partial charge in [-0.3, -0.25) is 9.59 Å². The van der Waals surface area contributed by atoms with Gasteiger partial charge in [-0.05, 0) is 20.3 Å². The number of hydrogen-bond acceptors (Lipinski definition) is 5. The summed E-state index contributed by atoms with van der Waals surface area (Å²) in [6, 6.07) is 0. The van der Waals surface area contributed by atoms with Crippen molar-refractivity contribution >= 4 is 11.9 Å². The van der Waals surface area contributed by atoms with Gasteiger partial charge in [-0.2, -0.15) is 0 Å². The third kappa shape index (κ3) is 4.26. The molecule has 17 heavy (non-hydrogen) atoms. The summed E-state index contributed by atoms with van der Waals surface area (Å²) in [5.41, 5.74) is 0.688. The highest BCUT2D eigenvalue weighted by atomic mass is 16.5. The maximum Gasteiger partial charge on any atom is 0.305 e. The van der Waals surface area contributed by atoms with Gasteiger partial charge >= 0.3 is 5.97 Å². The van der Waals surface area contributed by atoms with E-state index in [0.717, 1.165) is 0 Å². The summed E-state index contributed by atoms with van der Waals surface area (Å²) in [5, 5.41) is 6.16. The zero-order chi connectivity index (χ0) is 12.7. The molecule has 1 aromatic heterocycles. The Morgan fingerprint density at radius 2 is 2.29 bits per heavy atom. The normalized spacial score (nSPS) is 10.0. The van der Waals surface area contributed by atoms with Crippen molar-refractivity contribution in [1.29, 1.82) is 0 Å². The summed E-state index contributed by atoms with van der Waals surface area (Å²) in [7, 11) is 0. The summed E-state index contributed by atoms with van der Waals surface area (Å²) in [6.45, 7) is 4.27. The summed E-state index contributed by atoms with van der Waals surface area (Å²) in [4.78, 5) is 22.5. The number of carbonyl (C=O) groups is 2. The van der Waals surface area contributed by atoms with Crippen LogP contribution in [0.25, 0.3) is 0 Å². The molecule has 0 saturated carbocycles. The lowest BCUT2D eigenvalue weighted by molar-refractivity contribution is -0.143. The van der Waals surface area contributed by atoms with E-state index in [1.807, 2.05) is 0 Å². The van der Waals surface area contributed by atoms with Crippen LogP contribution in [0.15, 0.2) is 10.7 Å². The van der Waals surface area contributed by atoms with E-state index < -0.39 is 0 Å². The van der Waals surface area contributed by atoms with Crippen LogP contribution in [-0.2, 0) is 9.53 Å². The van der Waals surface area contributed by atoms with Crippen LogP contribution in [0.2, 0.25) is 0 Å². The van der Waals surface area contributed by atoms with Crippen LogP contribution in [0.3, 0.4) is 0 Å². The van der Waals surface area contributed by atoms with Crippen molar-refractivity contribution in [3.63, 3.8) is 0 Å². The number of aromatic nitrogens is 1.